The zero-order valence-electron chi connectivity index (χ0n) is 14.5. The highest BCUT2D eigenvalue weighted by Gasteiger charge is 2.43. The zero-order valence-corrected chi connectivity index (χ0v) is 14.5. The van der Waals surface area contributed by atoms with Crippen molar-refractivity contribution in [3.63, 3.8) is 0 Å². The number of halogens is 1. The quantitative estimate of drug-likeness (QED) is 0.719. The van der Waals surface area contributed by atoms with Crippen molar-refractivity contribution < 1.29 is 14.0 Å². The molecule has 2 N–H and O–H groups in total. The third kappa shape index (κ3) is 2.75. The van der Waals surface area contributed by atoms with E-state index in [9.17, 15) is 14.0 Å². The Kier molecular flexibility index (Phi) is 3.95. The largest absolute Gasteiger partial charge is 0.383 e. The van der Waals surface area contributed by atoms with Gasteiger partial charge in [-0.1, -0.05) is 12.1 Å². The van der Waals surface area contributed by atoms with Crippen LogP contribution in [0.1, 0.15) is 23.6 Å². The van der Waals surface area contributed by atoms with E-state index in [0.29, 0.717) is 17.1 Å². The second kappa shape index (κ2) is 6.31. The minimum Gasteiger partial charge on any atom is -0.383 e. The lowest BCUT2D eigenvalue weighted by Crippen LogP contribution is -2.30. The van der Waals surface area contributed by atoms with E-state index >= 15 is 0 Å². The molecule has 7 nitrogen and oxygen atoms in total. The summed E-state index contributed by atoms with van der Waals surface area (Å²) in [7, 11) is 0. The minimum absolute atomic E-state index is 0.0473. The molecule has 8 heteroatoms. The van der Waals surface area contributed by atoms with Crippen LogP contribution in [0.5, 0.6) is 0 Å². The van der Waals surface area contributed by atoms with Gasteiger partial charge >= 0.3 is 0 Å². The lowest BCUT2D eigenvalue weighted by molar-refractivity contribution is -0.121. The van der Waals surface area contributed by atoms with Gasteiger partial charge in [-0.15, -0.1) is 0 Å². The molecule has 1 saturated heterocycles. The number of aromatic nitrogens is 3. The third-order valence-corrected chi connectivity index (χ3v) is 4.57. The SMILES string of the molecule is Cc1nn(-c2ccccn2)c(N)c1C1CC(=O)N(c2cccc(F)c2)C1=O. The maximum atomic E-state index is 13.5. The van der Waals surface area contributed by atoms with Crippen molar-refractivity contribution in [3.8, 4) is 5.82 Å². The highest BCUT2D eigenvalue weighted by atomic mass is 19.1. The van der Waals surface area contributed by atoms with Crippen molar-refractivity contribution in [3.05, 3.63) is 65.7 Å². The summed E-state index contributed by atoms with van der Waals surface area (Å²) in [5, 5.41) is 4.38. The summed E-state index contributed by atoms with van der Waals surface area (Å²) >= 11 is 0. The maximum absolute atomic E-state index is 13.5. The number of aryl methyl sites for hydroxylation is 1. The van der Waals surface area contributed by atoms with E-state index < -0.39 is 23.5 Å². The van der Waals surface area contributed by atoms with Crippen molar-refractivity contribution in [1.82, 2.24) is 14.8 Å². The second-order valence-electron chi connectivity index (χ2n) is 6.29. The molecule has 3 heterocycles. The first-order chi connectivity index (χ1) is 13.0. The lowest BCUT2D eigenvalue weighted by atomic mass is 9.97. The highest BCUT2D eigenvalue weighted by molar-refractivity contribution is 6.23. The molecule has 2 aromatic heterocycles. The summed E-state index contributed by atoms with van der Waals surface area (Å²) < 4.78 is 15.0. The number of nitrogen functional groups attached to an aromatic ring is 1. The molecule has 0 bridgehead atoms. The van der Waals surface area contributed by atoms with Crippen LogP contribution in [0.2, 0.25) is 0 Å². The number of hydrogen-bond donors (Lipinski definition) is 1. The van der Waals surface area contributed by atoms with Gasteiger partial charge in [-0.05, 0) is 37.3 Å². The minimum atomic E-state index is -0.766. The summed E-state index contributed by atoms with van der Waals surface area (Å²) in [6.07, 6.45) is 1.57. The topological polar surface area (TPSA) is 94.1 Å². The third-order valence-electron chi connectivity index (χ3n) is 4.57. The van der Waals surface area contributed by atoms with Crippen LogP contribution in [0.3, 0.4) is 0 Å². The summed E-state index contributed by atoms with van der Waals surface area (Å²) in [5.74, 6) is -1.35. The molecule has 1 aromatic carbocycles. The van der Waals surface area contributed by atoms with Crippen molar-refractivity contribution in [2.45, 2.75) is 19.3 Å². The Morgan fingerprint density at radius 1 is 1.19 bits per heavy atom. The fourth-order valence-corrected chi connectivity index (χ4v) is 3.39. The van der Waals surface area contributed by atoms with Crippen molar-refractivity contribution in [2.24, 2.45) is 0 Å². The molecule has 136 valence electrons. The molecule has 1 aliphatic rings. The van der Waals surface area contributed by atoms with Crippen LogP contribution in [0, 0.1) is 12.7 Å². The number of carbonyl (C=O) groups excluding carboxylic acids is 2. The van der Waals surface area contributed by atoms with Gasteiger partial charge in [0.15, 0.2) is 5.82 Å². The Hall–Kier alpha value is -3.55. The Morgan fingerprint density at radius 3 is 2.70 bits per heavy atom. The zero-order chi connectivity index (χ0) is 19.1. The molecule has 1 fully saturated rings. The number of nitrogens with zero attached hydrogens (tertiary/aromatic N) is 4. The molecule has 3 aromatic rings. The Labute approximate surface area is 154 Å². The molecule has 2 amide bonds. The number of rotatable bonds is 3. The average molecular weight is 365 g/mol. The first-order valence-electron chi connectivity index (χ1n) is 8.36. The van der Waals surface area contributed by atoms with E-state index in [1.807, 2.05) is 0 Å². The van der Waals surface area contributed by atoms with Crippen molar-refractivity contribution in [1.29, 1.82) is 0 Å². The molecule has 4 rings (SSSR count). The van der Waals surface area contributed by atoms with Crippen molar-refractivity contribution >= 4 is 23.3 Å². The number of nitrogens with two attached hydrogens (primary N) is 1. The van der Waals surface area contributed by atoms with E-state index in [0.717, 1.165) is 11.0 Å². The fraction of sp³-hybridized carbons (Fsp3) is 0.158. The number of pyridine rings is 1. The molecule has 1 aliphatic heterocycles. The maximum Gasteiger partial charge on any atom is 0.242 e. The Morgan fingerprint density at radius 2 is 2.00 bits per heavy atom. The molecule has 0 radical (unpaired) electrons. The molecule has 0 spiro atoms. The van der Waals surface area contributed by atoms with Gasteiger partial charge in [0, 0.05) is 18.2 Å². The van der Waals surface area contributed by atoms with Crippen LogP contribution in [-0.4, -0.2) is 26.6 Å². The molecule has 27 heavy (non-hydrogen) atoms. The number of carbonyl (C=O) groups is 2. The molecule has 1 atom stereocenters. The first kappa shape index (κ1) is 16.9. The summed E-state index contributed by atoms with van der Waals surface area (Å²) in [6.45, 7) is 1.73. The van der Waals surface area contributed by atoms with Crippen LogP contribution in [0.4, 0.5) is 15.9 Å². The number of benzene rings is 1. The van der Waals surface area contributed by atoms with Crippen LogP contribution in [0.15, 0.2) is 48.7 Å². The van der Waals surface area contributed by atoms with Crippen molar-refractivity contribution in [2.75, 3.05) is 10.6 Å². The highest BCUT2D eigenvalue weighted by Crippen LogP contribution is 2.37. The van der Waals surface area contributed by atoms with Gasteiger partial charge in [0.05, 0.1) is 17.3 Å². The predicted molar refractivity (Wildman–Crippen MR) is 96.8 cm³/mol. The average Bonchev–Trinajstić information content (AvgIpc) is 3.10. The van der Waals surface area contributed by atoms with E-state index in [2.05, 4.69) is 10.1 Å². The first-order valence-corrected chi connectivity index (χ1v) is 8.36. The Bertz CT molecular complexity index is 1050. The molecule has 0 aliphatic carbocycles. The molecular formula is C19H16FN5O2. The number of hydrogen-bond acceptors (Lipinski definition) is 5. The van der Waals surface area contributed by atoms with E-state index in [1.54, 1.807) is 31.3 Å². The van der Waals surface area contributed by atoms with Crippen LogP contribution >= 0.6 is 0 Å². The van der Waals surface area contributed by atoms with Gasteiger partial charge in [-0.3, -0.25) is 9.59 Å². The summed E-state index contributed by atoms with van der Waals surface area (Å²) in [4.78, 5) is 30.7. The molecule has 0 saturated carbocycles. The monoisotopic (exact) mass is 365 g/mol. The van der Waals surface area contributed by atoms with Crippen LogP contribution in [-0.2, 0) is 9.59 Å². The van der Waals surface area contributed by atoms with Crippen LogP contribution in [0.25, 0.3) is 5.82 Å². The van der Waals surface area contributed by atoms with Gasteiger partial charge in [0.25, 0.3) is 0 Å². The van der Waals surface area contributed by atoms with E-state index in [-0.39, 0.29) is 17.9 Å². The molecular weight excluding hydrogens is 349 g/mol. The standard InChI is InChI=1S/C19H16FN5O2/c1-11-17(18(21)25(23-11)15-7-2-3-8-22-15)14-10-16(26)24(19(14)27)13-6-4-5-12(20)9-13/h2-9,14H,10,21H2,1H3. The fourth-order valence-electron chi connectivity index (χ4n) is 3.39. The second-order valence-corrected chi connectivity index (χ2v) is 6.29. The number of anilines is 2. The Balaban J connectivity index is 1.74. The van der Waals surface area contributed by atoms with Crippen LogP contribution < -0.4 is 10.6 Å². The number of imide groups is 1. The predicted octanol–water partition coefficient (Wildman–Crippen LogP) is 2.34. The lowest BCUT2D eigenvalue weighted by Gasteiger charge is -2.15. The van der Waals surface area contributed by atoms with Gasteiger partial charge in [-0.25, -0.2) is 14.3 Å². The normalized spacial score (nSPS) is 17.0. The summed E-state index contributed by atoms with van der Waals surface area (Å²) in [5.41, 5.74) is 7.50. The van der Waals surface area contributed by atoms with Gasteiger partial charge in [0.2, 0.25) is 11.8 Å². The number of amides is 2. The van der Waals surface area contributed by atoms with Gasteiger partial charge < -0.3 is 5.73 Å². The van der Waals surface area contributed by atoms with Gasteiger partial charge in [-0.2, -0.15) is 9.78 Å². The van der Waals surface area contributed by atoms with E-state index in [4.69, 9.17) is 5.73 Å². The van der Waals surface area contributed by atoms with E-state index in [1.165, 1.54) is 22.9 Å². The smallest absolute Gasteiger partial charge is 0.242 e. The van der Waals surface area contributed by atoms with Gasteiger partial charge in [0.1, 0.15) is 11.6 Å². The summed E-state index contributed by atoms with van der Waals surface area (Å²) in [6, 6.07) is 10.7. The molecule has 1 unspecified atom stereocenters.